The Bertz CT molecular complexity index is 906. The fourth-order valence-electron chi connectivity index (χ4n) is 7.51. The van der Waals surface area contributed by atoms with Crippen molar-refractivity contribution in [2.75, 3.05) is 0 Å². The summed E-state index contributed by atoms with van der Waals surface area (Å²) in [5, 5.41) is 21.0. The van der Waals surface area contributed by atoms with Gasteiger partial charge in [-0.3, -0.25) is 0 Å². The third-order valence-electron chi connectivity index (χ3n) is 10.7. The quantitative estimate of drug-likeness (QED) is 0.298. The molecule has 2 N–H and O–H groups in total. The highest BCUT2D eigenvalue weighted by Crippen LogP contribution is 2.60. The number of hydrogen-bond acceptors (Lipinski definition) is 3. The molecule has 0 unspecified atom stereocenters. The SMILES string of the molecule is C[C@H](CCCC(C)(C)O)[C@H]1CC[C@H]2/C(=C/C=C3/C[C@@H](O[Si](C)(C)C(C)(C)C)C[C@H](O)/C3=C\F)CCC[C@]12C. The maximum absolute atomic E-state index is 14.0. The Balaban J connectivity index is 1.77. The van der Waals surface area contributed by atoms with Gasteiger partial charge in [-0.15, -0.1) is 0 Å². The van der Waals surface area contributed by atoms with Gasteiger partial charge in [-0.1, -0.05) is 65.2 Å². The maximum atomic E-state index is 14.0. The minimum Gasteiger partial charge on any atom is -0.413 e. The van der Waals surface area contributed by atoms with E-state index in [2.05, 4.69) is 59.9 Å². The Labute approximate surface area is 234 Å². The van der Waals surface area contributed by atoms with E-state index >= 15 is 0 Å². The zero-order valence-electron chi connectivity index (χ0n) is 25.9. The lowest BCUT2D eigenvalue weighted by Gasteiger charge is -2.44. The summed E-state index contributed by atoms with van der Waals surface area (Å²) < 4.78 is 20.6. The van der Waals surface area contributed by atoms with Gasteiger partial charge in [-0.25, -0.2) is 4.39 Å². The highest BCUT2D eigenvalue weighted by atomic mass is 28.4. The van der Waals surface area contributed by atoms with Crippen molar-refractivity contribution >= 4 is 8.32 Å². The predicted molar refractivity (Wildman–Crippen MR) is 160 cm³/mol. The summed E-state index contributed by atoms with van der Waals surface area (Å²) in [5.74, 6) is 1.96. The van der Waals surface area contributed by atoms with E-state index in [1.54, 1.807) is 0 Å². The van der Waals surface area contributed by atoms with Crippen molar-refractivity contribution in [2.45, 2.75) is 149 Å². The minimum absolute atomic E-state index is 0.0727. The van der Waals surface area contributed by atoms with Gasteiger partial charge < -0.3 is 14.6 Å². The average molecular weight is 549 g/mol. The van der Waals surface area contributed by atoms with Gasteiger partial charge in [0.25, 0.3) is 0 Å². The molecular weight excluding hydrogens is 491 g/mol. The van der Waals surface area contributed by atoms with Crippen molar-refractivity contribution in [1.82, 2.24) is 0 Å². The number of halogens is 1. The van der Waals surface area contributed by atoms with Gasteiger partial charge in [0.1, 0.15) is 0 Å². The molecule has 38 heavy (non-hydrogen) atoms. The third-order valence-corrected chi connectivity index (χ3v) is 15.3. The normalized spacial score (nSPS) is 35.2. The van der Waals surface area contributed by atoms with E-state index in [-0.39, 0.29) is 11.1 Å². The third kappa shape index (κ3) is 7.30. The molecule has 3 aliphatic rings. The highest BCUT2D eigenvalue weighted by Gasteiger charge is 2.50. The Morgan fingerprint density at radius 1 is 1.16 bits per heavy atom. The standard InChI is InChI=1S/C33H57FO3Si/c1-23(12-10-18-32(5,6)36)28-16-17-29-24(13-11-19-33(28,29)7)14-15-25-20-26(21-30(35)27(25)22-34)37-38(8,9)31(2,3)4/h14-15,22-23,26,28-30,35-36H,10-13,16-21H2,1-9H3/b24-14+,25-15-,27-22-/t23-,26-,28-,29+,30+,33-/m1/s1. The van der Waals surface area contributed by atoms with Crippen LogP contribution in [0.2, 0.25) is 18.1 Å². The smallest absolute Gasteiger partial charge is 0.192 e. The van der Waals surface area contributed by atoms with Crippen LogP contribution in [0, 0.1) is 23.2 Å². The van der Waals surface area contributed by atoms with Gasteiger partial charge in [0.05, 0.1) is 24.1 Å². The molecule has 0 aromatic heterocycles. The number of allylic oxidation sites excluding steroid dienone is 3. The first kappa shape index (κ1) is 31.8. The second-order valence-electron chi connectivity index (χ2n) is 15.2. The largest absolute Gasteiger partial charge is 0.413 e. The van der Waals surface area contributed by atoms with Crippen molar-refractivity contribution in [3.8, 4) is 0 Å². The number of fused-ring (bicyclic) bond motifs is 1. The lowest BCUT2D eigenvalue weighted by Crippen LogP contribution is -2.46. The van der Waals surface area contributed by atoms with E-state index in [0.29, 0.717) is 47.9 Å². The summed E-state index contributed by atoms with van der Waals surface area (Å²) >= 11 is 0. The van der Waals surface area contributed by atoms with Crippen LogP contribution in [0.4, 0.5) is 4.39 Å². The monoisotopic (exact) mass is 548 g/mol. The van der Waals surface area contributed by atoms with E-state index in [9.17, 15) is 14.6 Å². The van der Waals surface area contributed by atoms with Gasteiger partial charge in [-0.05, 0) is 106 Å². The first-order valence-electron chi connectivity index (χ1n) is 15.3. The molecule has 0 bridgehead atoms. The van der Waals surface area contributed by atoms with Crippen molar-refractivity contribution < 1.29 is 19.0 Å². The van der Waals surface area contributed by atoms with Gasteiger partial charge in [-0.2, -0.15) is 0 Å². The predicted octanol–water partition coefficient (Wildman–Crippen LogP) is 9.03. The fourth-order valence-corrected chi connectivity index (χ4v) is 8.87. The summed E-state index contributed by atoms with van der Waals surface area (Å²) in [6.45, 7) is 19.9. The maximum Gasteiger partial charge on any atom is 0.192 e. The van der Waals surface area contributed by atoms with Gasteiger partial charge in [0.2, 0.25) is 0 Å². The van der Waals surface area contributed by atoms with Crippen LogP contribution in [0.25, 0.3) is 0 Å². The zero-order valence-corrected chi connectivity index (χ0v) is 26.9. The molecular formula is C33H57FO3Si. The molecule has 0 aromatic carbocycles. The van der Waals surface area contributed by atoms with Crippen molar-refractivity contribution in [2.24, 2.45) is 23.2 Å². The average Bonchev–Trinajstić information content (AvgIpc) is 3.13. The van der Waals surface area contributed by atoms with E-state index in [0.717, 1.165) is 24.8 Å². The van der Waals surface area contributed by atoms with Crippen molar-refractivity contribution in [1.29, 1.82) is 0 Å². The molecule has 3 nitrogen and oxygen atoms in total. The number of rotatable bonds is 8. The summed E-state index contributed by atoms with van der Waals surface area (Å²) in [6.07, 6.45) is 14.5. The van der Waals surface area contributed by atoms with Crippen LogP contribution in [0.5, 0.6) is 0 Å². The molecule has 3 fully saturated rings. The van der Waals surface area contributed by atoms with E-state index in [1.807, 2.05) is 13.8 Å². The fraction of sp³-hybridized carbons (Fsp3) is 0.818. The molecule has 0 saturated heterocycles. The van der Waals surface area contributed by atoms with Crippen LogP contribution in [-0.4, -0.2) is 36.3 Å². The number of aliphatic hydroxyl groups excluding tert-OH is 1. The summed E-state index contributed by atoms with van der Waals surface area (Å²) in [4.78, 5) is 0. The van der Waals surface area contributed by atoms with Crippen LogP contribution in [0.15, 0.2) is 35.2 Å². The minimum atomic E-state index is -1.99. The molecule has 3 saturated carbocycles. The summed E-state index contributed by atoms with van der Waals surface area (Å²) in [5.41, 5.74) is 2.57. The van der Waals surface area contributed by atoms with E-state index in [4.69, 9.17) is 4.43 Å². The lowest BCUT2D eigenvalue weighted by atomic mass is 9.60. The zero-order chi connectivity index (χ0) is 28.5. The first-order chi connectivity index (χ1) is 17.5. The van der Waals surface area contributed by atoms with Gasteiger partial charge in [0, 0.05) is 12.0 Å². The first-order valence-corrected chi connectivity index (χ1v) is 18.2. The van der Waals surface area contributed by atoms with Crippen LogP contribution >= 0.6 is 0 Å². The van der Waals surface area contributed by atoms with Crippen LogP contribution in [0.1, 0.15) is 113 Å². The van der Waals surface area contributed by atoms with Crippen LogP contribution in [0.3, 0.4) is 0 Å². The number of hydrogen-bond donors (Lipinski definition) is 2. The van der Waals surface area contributed by atoms with Crippen LogP contribution in [-0.2, 0) is 4.43 Å². The number of aliphatic hydroxyl groups is 2. The van der Waals surface area contributed by atoms with Crippen molar-refractivity contribution in [3.63, 3.8) is 0 Å². The molecule has 0 spiro atoms. The van der Waals surface area contributed by atoms with E-state index < -0.39 is 20.0 Å². The molecule has 0 aliphatic heterocycles. The second-order valence-corrected chi connectivity index (χ2v) is 20.0. The topological polar surface area (TPSA) is 49.7 Å². The van der Waals surface area contributed by atoms with Gasteiger partial charge in [0.15, 0.2) is 8.32 Å². The molecule has 0 amide bonds. The highest BCUT2D eigenvalue weighted by molar-refractivity contribution is 6.74. The Morgan fingerprint density at radius 2 is 1.84 bits per heavy atom. The molecule has 3 rings (SSSR count). The Hall–Kier alpha value is -0.753. The van der Waals surface area contributed by atoms with Crippen LogP contribution < -0.4 is 0 Å². The molecule has 0 radical (unpaired) electrons. The van der Waals surface area contributed by atoms with Gasteiger partial charge >= 0.3 is 0 Å². The molecule has 3 aliphatic carbocycles. The van der Waals surface area contributed by atoms with E-state index in [1.165, 1.54) is 37.7 Å². The van der Waals surface area contributed by atoms with Crippen molar-refractivity contribution in [3.05, 3.63) is 35.2 Å². The summed E-state index contributed by atoms with van der Waals surface area (Å²) in [7, 11) is -1.99. The molecule has 5 heteroatoms. The Kier molecular flexibility index (Phi) is 10.0. The molecule has 0 heterocycles. The molecule has 218 valence electrons. The lowest BCUT2D eigenvalue weighted by molar-refractivity contribution is 0.0596. The Morgan fingerprint density at radius 3 is 2.45 bits per heavy atom. The summed E-state index contributed by atoms with van der Waals surface area (Å²) in [6, 6.07) is 0. The molecule has 0 aromatic rings. The molecule has 6 atom stereocenters. The second kappa shape index (κ2) is 12.0.